The number of nitrogens with one attached hydrogen (secondary N) is 3. The van der Waals surface area contributed by atoms with Gasteiger partial charge in [-0.05, 0) is 38.8 Å². The Bertz CT molecular complexity index is 657. The standard InChI is InChI=1S/C15H24N4O2S2/c1-3-16-15(19-13-6-4-5-7-13)17-10-11-18-23(20,21)14-9-8-12(2)22-14/h4-5,8-9,13,18H,3,6-7,10-11H2,1-2H3,(H2,16,17,19). The summed E-state index contributed by atoms with van der Waals surface area (Å²) >= 11 is 1.27. The predicted octanol–water partition coefficient (Wildman–Crippen LogP) is 1.61. The van der Waals surface area contributed by atoms with Crippen LogP contribution in [0.3, 0.4) is 0 Å². The lowest BCUT2D eigenvalue weighted by molar-refractivity contribution is 0.583. The van der Waals surface area contributed by atoms with Crippen LogP contribution in [-0.4, -0.2) is 40.1 Å². The van der Waals surface area contributed by atoms with E-state index in [0.29, 0.717) is 16.8 Å². The molecule has 0 amide bonds. The van der Waals surface area contributed by atoms with Gasteiger partial charge in [-0.1, -0.05) is 12.2 Å². The van der Waals surface area contributed by atoms with Crippen LogP contribution in [0.25, 0.3) is 0 Å². The molecular formula is C15H24N4O2S2. The van der Waals surface area contributed by atoms with E-state index in [0.717, 1.165) is 30.2 Å². The molecule has 8 heteroatoms. The fraction of sp³-hybridized carbons (Fsp3) is 0.533. The molecule has 0 aromatic carbocycles. The first kappa shape index (κ1) is 18.0. The van der Waals surface area contributed by atoms with Crippen LogP contribution in [0.2, 0.25) is 0 Å². The molecule has 0 atom stereocenters. The molecule has 2 rings (SSSR count). The number of aliphatic imine (C=N–C) groups is 1. The summed E-state index contributed by atoms with van der Waals surface area (Å²) in [4.78, 5) is 5.40. The lowest BCUT2D eigenvalue weighted by Gasteiger charge is -2.16. The van der Waals surface area contributed by atoms with Crippen molar-refractivity contribution in [1.29, 1.82) is 0 Å². The van der Waals surface area contributed by atoms with E-state index in [1.807, 2.05) is 13.8 Å². The lowest BCUT2D eigenvalue weighted by Crippen LogP contribution is -2.42. The highest BCUT2D eigenvalue weighted by Crippen LogP contribution is 2.19. The zero-order chi connectivity index (χ0) is 16.7. The zero-order valence-corrected chi connectivity index (χ0v) is 15.1. The number of hydrogen-bond acceptors (Lipinski definition) is 4. The molecule has 0 saturated carbocycles. The third-order valence-electron chi connectivity index (χ3n) is 3.35. The summed E-state index contributed by atoms with van der Waals surface area (Å²) in [5.74, 6) is 0.729. The smallest absolute Gasteiger partial charge is 0.250 e. The van der Waals surface area contributed by atoms with E-state index in [-0.39, 0.29) is 6.54 Å². The average Bonchev–Trinajstić information content (AvgIpc) is 3.15. The van der Waals surface area contributed by atoms with E-state index in [4.69, 9.17) is 0 Å². The Morgan fingerprint density at radius 3 is 2.70 bits per heavy atom. The first-order valence-corrected chi connectivity index (χ1v) is 10.1. The zero-order valence-electron chi connectivity index (χ0n) is 13.5. The molecule has 1 aliphatic rings. The number of hydrogen-bond donors (Lipinski definition) is 3. The van der Waals surface area contributed by atoms with Crippen LogP contribution in [0.1, 0.15) is 24.6 Å². The summed E-state index contributed by atoms with van der Waals surface area (Å²) in [5.41, 5.74) is 0. The van der Waals surface area contributed by atoms with Crippen LogP contribution in [0.4, 0.5) is 0 Å². The molecule has 1 aromatic heterocycles. The molecule has 6 nitrogen and oxygen atoms in total. The maximum absolute atomic E-state index is 12.1. The summed E-state index contributed by atoms with van der Waals surface area (Å²) in [5, 5.41) is 6.53. The molecular weight excluding hydrogens is 332 g/mol. The molecule has 1 heterocycles. The van der Waals surface area contributed by atoms with Crippen molar-refractivity contribution in [3.05, 3.63) is 29.2 Å². The second-order valence-electron chi connectivity index (χ2n) is 5.31. The summed E-state index contributed by atoms with van der Waals surface area (Å²) < 4.78 is 27.1. The molecule has 1 aliphatic carbocycles. The Morgan fingerprint density at radius 2 is 2.09 bits per heavy atom. The van der Waals surface area contributed by atoms with Gasteiger partial charge >= 0.3 is 0 Å². The Kier molecular flexibility index (Phi) is 6.61. The minimum Gasteiger partial charge on any atom is -0.357 e. The van der Waals surface area contributed by atoms with Gasteiger partial charge in [-0.15, -0.1) is 11.3 Å². The highest BCUT2D eigenvalue weighted by atomic mass is 32.2. The second kappa shape index (κ2) is 8.47. The van der Waals surface area contributed by atoms with E-state index in [1.54, 1.807) is 12.1 Å². The third-order valence-corrected chi connectivity index (χ3v) is 6.30. The van der Waals surface area contributed by atoms with E-state index in [2.05, 4.69) is 32.5 Å². The number of rotatable bonds is 7. The van der Waals surface area contributed by atoms with Crippen molar-refractivity contribution in [3.63, 3.8) is 0 Å². The van der Waals surface area contributed by atoms with E-state index < -0.39 is 10.0 Å². The molecule has 23 heavy (non-hydrogen) atoms. The molecule has 0 bridgehead atoms. The van der Waals surface area contributed by atoms with Crippen molar-refractivity contribution in [2.75, 3.05) is 19.6 Å². The highest BCUT2D eigenvalue weighted by molar-refractivity contribution is 7.91. The van der Waals surface area contributed by atoms with Gasteiger partial charge in [-0.25, -0.2) is 13.1 Å². The number of guanidine groups is 1. The maximum Gasteiger partial charge on any atom is 0.250 e. The minimum atomic E-state index is -3.42. The molecule has 0 spiro atoms. The summed E-state index contributed by atoms with van der Waals surface area (Å²) in [6, 6.07) is 3.81. The molecule has 128 valence electrons. The Labute approximate surface area is 142 Å². The van der Waals surface area contributed by atoms with Gasteiger partial charge in [-0.2, -0.15) is 0 Å². The van der Waals surface area contributed by atoms with Gasteiger partial charge < -0.3 is 10.6 Å². The number of aryl methyl sites for hydroxylation is 1. The SMILES string of the molecule is CCNC(=NCCNS(=O)(=O)c1ccc(C)s1)NC1CC=CC1. The fourth-order valence-corrected chi connectivity index (χ4v) is 4.57. The van der Waals surface area contributed by atoms with Crippen molar-refractivity contribution in [2.45, 2.75) is 36.9 Å². The predicted molar refractivity (Wildman–Crippen MR) is 95.5 cm³/mol. The van der Waals surface area contributed by atoms with Crippen LogP contribution in [-0.2, 0) is 10.0 Å². The van der Waals surface area contributed by atoms with Crippen LogP contribution >= 0.6 is 11.3 Å². The summed E-state index contributed by atoms with van der Waals surface area (Å²) in [6.45, 7) is 5.33. The molecule has 3 N–H and O–H groups in total. The third kappa shape index (κ3) is 5.63. The Hall–Kier alpha value is -1.38. The van der Waals surface area contributed by atoms with Gasteiger partial charge in [0.05, 0.1) is 6.54 Å². The van der Waals surface area contributed by atoms with Gasteiger partial charge in [0.1, 0.15) is 4.21 Å². The fourth-order valence-electron chi connectivity index (χ4n) is 2.22. The molecule has 1 aromatic rings. The van der Waals surface area contributed by atoms with Gasteiger partial charge in [0, 0.05) is 24.0 Å². The first-order chi connectivity index (χ1) is 11.0. The van der Waals surface area contributed by atoms with Crippen molar-refractivity contribution < 1.29 is 8.42 Å². The molecule has 0 aliphatic heterocycles. The molecule has 0 fully saturated rings. The van der Waals surface area contributed by atoms with Gasteiger partial charge in [-0.3, -0.25) is 4.99 Å². The van der Waals surface area contributed by atoms with Crippen molar-refractivity contribution >= 4 is 27.3 Å². The maximum atomic E-state index is 12.1. The van der Waals surface area contributed by atoms with Crippen LogP contribution in [0.5, 0.6) is 0 Å². The average molecular weight is 357 g/mol. The normalized spacial score (nSPS) is 16.0. The second-order valence-corrected chi connectivity index (χ2v) is 8.59. The summed E-state index contributed by atoms with van der Waals surface area (Å²) in [6.07, 6.45) is 6.29. The van der Waals surface area contributed by atoms with E-state index >= 15 is 0 Å². The quantitative estimate of drug-likeness (QED) is 0.300. The van der Waals surface area contributed by atoms with Crippen molar-refractivity contribution in [3.8, 4) is 0 Å². The Balaban J connectivity index is 1.83. The Morgan fingerprint density at radius 1 is 1.35 bits per heavy atom. The van der Waals surface area contributed by atoms with Crippen molar-refractivity contribution in [2.24, 2.45) is 4.99 Å². The molecule has 0 unspecified atom stereocenters. The van der Waals surface area contributed by atoms with Crippen LogP contribution in [0, 0.1) is 6.92 Å². The summed E-state index contributed by atoms with van der Waals surface area (Å²) in [7, 11) is -3.42. The monoisotopic (exact) mass is 356 g/mol. The van der Waals surface area contributed by atoms with Crippen LogP contribution < -0.4 is 15.4 Å². The lowest BCUT2D eigenvalue weighted by atomic mass is 10.2. The first-order valence-electron chi connectivity index (χ1n) is 7.77. The van der Waals surface area contributed by atoms with E-state index in [9.17, 15) is 8.42 Å². The number of sulfonamides is 1. The minimum absolute atomic E-state index is 0.277. The van der Waals surface area contributed by atoms with Gasteiger partial charge in [0.25, 0.3) is 0 Å². The topological polar surface area (TPSA) is 82.6 Å². The molecule has 0 saturated heterocycles. The van der Waals surface area contributed by atoms with Gasteiger partial charge in [0.15, 0.2) is 5.96 Å². The number of nitrogens with zero attached hydrogens (tertiary/aromatic N) is 1. The number of thiophene rings is 1. The highest BCUT2D eigenvalue weighted by Gasteiger charge is 2.15. The van der Waals surface area contributed by atoms with Gasteiger partial charge in [0.2, 0.25) is 10.0 Å². The largest absolute Gasteiger partial charge is 0.357 e. The van der Waals surface area contributed by atoms with Crippen molar-refractivity contribution in [1.82, 2.24) is 15.4 Å². The molecule has 0 radical (unpaired) electrons. The van der Waals surface area contributed by atoms with E-state index in [1.165, 1.54) is 11.3 Å². The van der Waals surface area contributed by atoms with Crippen LogP contribution in [0.15, 0.2) is 33.5 Å².